The first-order valence-corrected chi connectivity index (χ1v) is 17.9. The Bertz CT molecular complexity index is 2600. The van der Waals surface area contributed by atoms with Gasteiger partial charge in [-0.3, -0.25) is 0 Å². The molecule has 1 heterocycles. The van der Waals surface area contributed by atoms with Crippen LogP contribution in [0.4, 0.5) is 11.4 Å². The van der Waals surface area contributed by atoms with E-state index in [0.717, 1.165) is 44.4 Å². The first-order valence-electron chi connectivity index (χ1n) is 17.9. The highest BCUT2D eigenvalue weighted by molar-refractivity contribution is 6.05. The van der Waals surface area contributed by atoms with Gasteiger partial charge in [-0.05, 0) is 68.9 Å². The zero-order valence-electron chi connectivity index (χ0n) is 28.8. The average Bonchev–Trinajstić information content (AvgIpc) is 3.62. The Kier molecular flexibility index (Phi) is 8.19. The van der Waals surface area contributed by atoms with Crippen LogP contribution in [0.5, 0.6) is 0 Å². The predicted octanol–water partition coefficient (Wildman–Crippen LogP) is 13.3. The molecule has 7 aromatic rings. The summed E-state index contributed by atoms with van der Waals surface area (Å²) in [5, 5.41) is 3.42. The van der Waals surface area contributed by atoms with E-state index in [1.54, 1.807) is 0 Å². The highest BCUT2D eigenvalue weighted by atomic mass is 16.3. The molecule has 0 radical (unpaired) electrons. The SMILES string of the molecule is C=C/C=C(/c1ccccc1N(c1ccc(-c2ccccc2)cc1-c1ccccc1)C1C=CC=C2C=CC=CC21)c1coc2cc3ccccc3cc12. The standard InChI is InChI=1S/C50H37NO/c1-2-16-42(46-34-52-50-33-39-23-10-9-22-38(39)32-45(46)50)43-26-13-14-27-48(43)51(47-28-15-24-36-21-11-12-25-41(36)47)49-30-29-40(35-17-5-3-6-18-35)31-44(49)37-19-7-4-8-20-37/h2-34,41,47H,1H2/b42-16-. The van der Waals surface area contributed by atoms with E-state index < -0.39 is 0 Å². The third-order valence-corrected chi connectivity index (χ3v) is 10.3. The summed E-state index contributed by atoms with van der Waals surface area (Å²) in [6.45, 7) is 4.18. The van der Waals surface area contributed by atoms with Crippen LogP contribution in [0.3, 0.4) is 0 Å². The molecule has 52 heavy (non-hydrogen) atoms. The van der Waals surface area contributed by atoms with Crippen molar-refractivity contribution >= 4 is 38.7 Å². The Morgan fingerprint density at radius 2 is 1.35 bits per heavy atom. The van der Waals surface area contributed by atoms with Crippen molar-refractivity contribution < 1.29 is 4.42 Å². The van der Waals surface area contributed by atoms with Gasteiger partial charge in [0.15, 0.2) is 0 Å². The molecule has 9 rings (SSSR count). The predicted molar refractivity (Wildman–Crippen MR) is 220 cm³/mol. The minimum absolute atomic E-state index is 0.00223. The number of para-hydroxylation sites is 1. The van der Waals surface area contributed by atoms with Gasteiger partial charge in [-0.15, -0.1) is 0 Å². The molecule has 1 aromatic heterocycles. The average molecular weight is 668 g/mol. The minimum Gasteiger partial charge on any atom is -0.464 e. The molecule has 2 atom stereocenters. The molecular weight excluding hydrogens is 631 g/mol. The molecule has 0 spiro atoms. The van der Waals surface area contributed by atoms with Crippen LogP contribution in [-0.2, 0) is 0 Å². The van der Waals surface area contributed by atoms with Crippen LogP contribution in [0.1, 0.15) is 11.1 Å². The van der Waals surface area contributed by atoms with Crippen molar-refractivity contribution in [2.24, 2.45) is 5.92 Å². The lowest BCUT2D eigenvalue weighted by atomic mass is 9.82. The van der Waals surface area contributed by atoms with Crippen LogP contribution in [0, 0.1) is 5.92 Å². The number of allylic oxidation sites excluding steroid dienone is 7. The Hall–Kier alpha value is -6.64. The molecule has 0 saturated carbocycles. The summed E-state index contributed by atoms with van der Waals surface area (Å²) in [5.74, 6) is 0.161. The van der Waals surface area contributed by atoms with Gasteiger partial charge >= 0.3 is 0 Å². The monoisotopic (exact) mass is 667 g/mol. The van der Waals surface area contributed by atoms with E-state index in [9.17, 15) is 0 Å². The Morgan fingerprint density at radius 1 is 0.615 bits per heavy atom. The van der Waals surface area contributed by atoms with E-state index in [1.165, 1.54) is 33.2 Å². The molecule has 2 nitrogen and oxygen atoms in total. The van der Waals surface area contributed by atoms with Crippen molar-refractivity contribution in [2.75, 3.05) is 4.90 Å². The summed E-state index contributed by atoms with van der Waals surface area (Å²) < 4.78 is 6.29. The van der Waals surface area contributed by atoms with Gasteiger partial charge in [0.25, 0.3) is 0 Å². The number of furan rings is 1. The fourth-order valence-electron chi connectivity index (χ4n) is 7.83. The maximum atomic E-state index is 6.29. The molecule has 0 N–H and O–H groups in total. The van der Waals surface area contributed by atoms with Crippen molar-refractivity contribution in [3.05, 3.63) is 224 Å². The number of anilines is 2. The van der Waals surface area contributed by atoms with Gasteiger partial charge in [0.1, 0.15) is 5.58 Å². The van der Waals surface area contributed by atoms with Crippen LogP contribution < -0.4 is 4.90 Å². The normalized spacial score (nSPS) is 16.5. The molecule has 2 aliphatic carbocycles. The summed E-state index contributed by atoms with van der Waals surface area (Å²) in [5.41, 5.74) is 12.3. The molecule has 0 bridgehead atoms. The third kappa shape index (κ3) is 5.65. The van der Waals surface area contributed by atoms with Gasteiger partial charge in [0, 0.05) is 39.4 Å². The number of rotatable bonds is 8. The minimum atomic E-state index is 0.00223. The quantitative estimate of drug-likeness (QED) is 0.150. The van der Waals surface area contributed by atoms with Gasteiger partial charge in [0.05, 0.1) is 12.3 Å². The second-order valence-electron chi connectivity index (χ2n) is 13.3. The summed E-state index contributed by atoms with van der Waals surface area (Å²) in [6, 6.07) is 50.0. The van der Waals surface area contributed by atoms with E-state index >= 15 is 0 Å². The fourth-order valence-corrected chi connectivity index (χ4v) is 7.83. The lowest BCUT2D eigenvalue weighted by Gasteiger charge is -2.40. The highest BCUT2D eigenvalue weighted by Crippen LogP contribution is 2.46. The fraction of sp³-hybridized carbons (Fsp3) is 0.0400. The van der Waals surface area contributed by atoms with Crippen molar-refractivity contribution in [1.82, 2.24) is 0 Å². The van der Waals surface area contributed by atoms with E-state index in [2.05, 4.69) is 200 Å². The molecule has 0 amide bonds. The number of hydrogen-bond acceptors (Lipinski definition) is 2. The van der Waals surface area contributed by atoms with Crippen LogP contribution in [0.2, 0.25) is 0 Å². The highest BCUT2D eigenvalue weighted by Gasteiger charge is 2.33. The van der Waals surface area contributed by atoms with E-state index in [0.29, 0.717) is 0 Å². The number of nitrogens with zero attached hydrogens (tertiary/aromatic N) is 1. The third-order valence-electron chi connectivity index (χ3n) is 10.3. The second kappa shape index (κ2) is 13.6. The zero-order valence-corrected chi connectivity index (χ0v) is 28.8. The molecule has 2 aliphatic rings. The molecule has 2 unspecified atom stereocenters. The largest absolute Gasteiger partial charge is 0.464 e. The molecule has 0 aliphatic heterocycles. The Balaban J connectivity index is 1.29. The lowest BCUT2D eigenvalue weighted by molar-refractivity contribution is 0.615. The van der Waals surface area contributed by atoms with E-state index in [1.807, 2.05) is 12.3 Å². The van der Waals surface area contributed by atoms with Gasteiger partial charge < -0.3 is 9.32 Å². The molecule has 0 fully saturated rings. The maximum absolute atomic E-state index is 6.29. The van der Waals surface area contributed by atoms with Crippen molar-refractivity contribution in [3.8, 4) is 22.3 Å². The Labute approximate surface area is 305 Å². The van der Waals surface area contributed by atoms with Crippen LogP contribution in [0.25, 0.3) is 49.6 Å². The molecule has 248 valence electrons. The number of benzene rings is 6. The van der Waals surface area contributed by atoms with E-state index in [4.69, 9.17) is 4.42 Å². The second-order valence-corrected chi connectivity index (χ2v) is 13.3. The number of fused-ring (bicyclic) bond motifs is 3. The first-order chi connectivity index (χ1) is 25.8. The molecular formula is C50H37NO. The van der Waals surface area contributed by atoms with Gasteiger partial charge in [0.2, 0.25) is 0 Å². The zero-order chi connectivity index (χ0) is 34.9. The molecule has 6 aromatic carbocycles. The lowest BCUT2D eigenvalue weighted by Crippen LogP contribution is -2.38. The van der Waals surface area contributed by atoms with Crippen LogP contribution in [-0.4, -0.2) is 6.04 Å². The first kappa shape index (κ1) is 31.3. The summed E-state index contributed by atoms with van der Waals surface area (Å²) in [6.07, 6.45) is 21.6. The summed E-state index contributed by atoms with van der Waals surface area (Å²) >= 11 is 0. The maximum Gasteiger partial charge on any atom is 0.135 e. The molecule has 0 saturated heterocycles. The van der Waals surface area contributed by atoms with Crippen molar-refractivity contribution in [1.29, 1.82) is 0 Å². The summed E-state index contributed by atoms with van der Waals surface area (Å²) in [7, 11) is 0. The Morgan fingerprint density at radius 3 is 2.15 bits per heavy atom. The van der Waals surface area contributed by atoms with Crippen molar-refractivity contribution in [3.63, 3.8) is 0 Å². The van der Waals surface area contributed by atoms with Crippen LogP contribution in [0.15, 0.2) is 217 Å². The smallest absolute Gasteiger partial charge is 0.135 e. The topological polar surface area (TPSA) is 16.4 Å². The van der Waals surface area contributed by atoms with Crippen LogP contribution >= 0.6 is 0 Å². The van der Waals surface area contributed by atoms with Gasteiger partial charge in [-0.25, -0.2) is 0 Å². The van der Waals surface area contributed by atoms with E-state index in [-0.39, 0.29) is 12.0 Å². The van der Waals surface area contributed by atoms with Gasteiger partial charge in [-0.1, -0.05) is 170 Å². The molecule has 2 heteroatoms. The summed E-state index contributed by atoms with van der Waals surface area (Å²) in [4.78, 5) is 2.55. The number of hydrogen-bond donors (Lipinski definition) is 0. The van der Waals surface area contributed by atoms with Crippen molar-refractivity contribution in [2.45, 2.75) is 6.04 Å². The van der Waals surface area contributed by atoms with Gasteiger partial charge in [-0.2, -0.15) is 0 Å².